The molecule has 4 heterocycles. The van der Waals surface area contributed by atoms with Crippen LogP contribution in [0, 0.1) is 0 Å². The molecule has 2 aliphatic rings. The minimum absolute atomic E-state index is 0.0369. The summed E-state index contributed by atoms with van der Waals surface area (Å²) in [6, 6.07) is 0. The first-order chi connectivity index (χ1) is 11.8. The fourth-order valence-corrected chi connectivity index (χ4v) is 3.06. The predicted octanol–water partition coefficient (Wildman–Crippen LogP) is -0.478. The van der Waals surface area contributed by atoms with Crippen LogP contribution < -0.4 is 4.90 Å². The van der Waals surface area contributed by atoms with Crippen molar-refractivity contribution < 1.29 is 14.3 Å². The summed E-state index contributed by atoms with van der Waals surface area (Å²) in [5.74, 6) is 0.892. The van der Waals surface area contributed by atoms with E-state index in [1.807, 2.05) is 0 Å². The number of fused-ring (bicyclic) bond motifs is 1. The van der Waals surface area contributed by atoms with Crippen molar-refractivity contribution in [1.82, 2.24) is 24.6 Å². The Morgan fingerprint density at radius 1 is 1.04 bits per heavy atom. The fraction of sp³-hybridized carbons (Fsp3) is 0.600. The lowest BCUT2D eigenvalue weighted by Gasteiger charge is -2.28. The third kappa shape index (κ3) is 2.92. The van der Waals surface area contributed by atoms with Crippen molar-refractivity contribution in [1.29, 1.82) is 0 Å². The van der Waals surface area contributed by atoms with Crippen molar-refractivity contribution in [2.24, 2.45) is 0 Å². The summed E-state index contributed by atoms with van der Waals surface area (Å²) >= 11 is 0. The van der Waals surface area contributed by atoms with E-state index in [4.69, 9.17) is 9.47 Å². The lowest BCUT2D eigenvalue weighted by Crippen LogP contribution is -2.42. The van der Waals surface area contributed by atoms with Crippen molar-refractivity contribution in [3.05, 3.63) is 12.5 Å². The molecule has 128 valence electrons. The Balaban J connectivity index is 1.57. The third-order valence-corrected chi connectivity index (χ3v) is 4.37. The lowest BCUT2D eigenvalue weighted by atomic mass is 10.3. The molecule has 2 aromatic rings. The number of carbonyl (C=O) groups is 1. The van der Waals surface area contributed by atoms with Gasteiger partial charge in [0.25, 0.3) is 0 Å². The second-order valence-corrected chi connectivity index (χ2v) is 5.83. The number of nitrogens with zero attached hydrogens (tertiary/aromatic N) is 6. The van der Waals surface area contributed by atoms with Gasteiger partial charge in [0.05, 0.1) is 38.0 Å². The van der Waals surface area contributed by atoms with E-state index in [0.717, 1.165) is 24.3 Å². The van der Waals surface area contributed by atoms with Crippen molar-refractivity contribution >= 4 is 22.8 Å². The van der Waals surface area contributed by atoms with Gasteiger partial charge in [-0.1, -0.05) is 0 Å². The normalized spacial score (nSPS) is 19.0. The first-order valence-electron chi connectivity index (χ1n) is 8.17. The quantitative estimate of drug-likeness (QED) is 0.750. The highest BCUT2D eigenvalue weighted by Crippen LogP contribution is 2.23. The van der Waals surface area contributed by atoms with Gasteiger partial charge >= 0.3 is 0 Å². The maximum atomic E-state index is 12.4. The molecule has 4 rings (SSSR count). The van der Waals surface area contributed by atoms with Crippen LogP contribution in [0.5, 0.6) is 0 Å². The minimum atomic E-state index is 0.0369. The minimum Gasteiger partial charge on any atom is -0.378 e. The average molecular weight is 332 g/mol. The van der Waals surface area contributed by atoms with Gasteiger partial charge in [-0.2, -0.15) is 5.10 Å². The van der Waals surface area contributed by atoms with Crippen LogP contribution in [0.15, 0.2) is 12.5 Å². The molecule has 0 unspecified atom stereocenters. The molecule has 2 saturated heterocycles. The van der Waals surface area contributed by atoms with Crippen molar-refractivity contribution in [2.45, 2.75) is 6.54 Å². The van der Waals surface area contributed by atoms with E-state index in [-0.39, 0.29) is 12.5 Å². The molecule has 0 atom stereocenters. The van der Waals surface area contributed by atoms with Crippen molar-refractivity contribution in [3.63, 3.8) is 0 Å². The van der Waals surface area contributed by atoms with E-state index >= 15 is 0 Å². The summed E-state index contributed by atoms with van der Waals surface area (Å²) in [7, 11) is 0. The highest BCUT2D eigenvalue weighted by molar-refractivity contribution is 5.88. The Morgan fingerprint density at radius 3 is 2.50 bits per heavy atom. The molecular formula is C15H20N6O3. The molecule has 0 bridgehead atoms. The van der Waals surface area contributed by atoms with Crippen molar-refractivity contribution in [2.75, 3.05) is 57.5 Å². The van der Waals surface area contributed by atoms with Crippen LogP contribution >= 0.6 is 0 Å². The summed E-state index contributed by atoms with van der Waals surface area (Å²) in [5.41, 5.74) is 0.688. The smallest absolute Gasteiger partial charge is 0.244 e. The second-order valence-electron chi connectivity index (χ2n) is 5.83. The number of hydrogen-bond acceptors (Lipinski definition) is 7. The molecular weight excluding hydrogens is 312 g/mol. The number of anilines is 1. The molecule has 0 radical (unpaired) electrons. The highest BCUT2D eigenvalue weighted by atomic mass is 16.5. The van der Waals surface area contributed by atoms with Gasteiger partial charge in [0, 0.05) is 26.2 Å². The maximum absolute atomic E-state index is 12.4. The van der Waals surface area contributed by atoms with Crippen LogP contribution in [0.1, 0.15) is 0 Å². The van der Waals surface area contributed by atoms with Gasteiger partial charge in [-0.25, -0.2) is 14.6 Å². The summed E-state index contributed by atoms with van der Waals surface area (Å²) in [6.07, 6.45) is 3.28. The van der Waals surface area contributed by atoms with Gasteiger partial charge in [0.1, 0.15) is 18.7 Å². The van der Waals surface area contributed by atoms with Gasteiger partial charge in [-0.15, -0.1) is 0 Å². The molecule has 2 fully saturated rings. The van der Waals surface area contributed by atoms with E-state index in [2.05, 4.69) is 20.0 Å². The van der Waals surface area contributed by atoms with Crippen LogP contribution in [0.2, 0.25) is 0 Å². The molecule has 24 heavy (non-hydrogen) atoms. The van der Waals surface area contributed by atoms with Crippen molar-refractivity contribution in [3.8, 4) is 0 Å². The number of morpholine rings is 2. The number of hydrogen-bond donors (Lipinski definition) is 0. The lowest BCUT2D eigenvalue weighted by molar-refractivity contribution is -0.136. The zero-order chi connectivity index (χ0) is 16.4. The standard InChI is InChI=1S/C15H20N6O3/c22-13(19-1-5-23-6-2-19)10-21-15-12(9-18-21)14(16-11-17-15)20-3-7-24-8-4-20/h9,11H,1-8,10H2. The Hall–Kier alpha value is -2.26. The molecule has 2 aliphatic heterocycles. The largest absolute Gasteiger partial charge is 0.378 e. The maximum Gasteiger partial charge on any atom is 0.244 e. The van der Waals surface area contributed by atoms with Crippen LogP contribution in [0.4, 0.5) is 5.82 Å². The Bertz CT molecular complexity index is 721. The zero-order valence-corrected chi connectivity index (χ0v) is 13.4. The van der Waals surface area contributed by atoms with E-state index < -0.39 is 0 Å². The Kier molecular flexibility index (Phi) is 4.26. The first-order valence-corrected chi connectivity index (χ1v) is 8.17. The topological polar surface area (TPSA) is 85.6 Å². The molecule has 0 saturated carbocycles. The summed E-state index contributed by atoms with van der Waals surface area (Å²) in [5, 5.41) is 5.23. The molecule has 0 aliphatic carbocycles. The molecule has 2 aromatic heterocycles. The van der Waals surface area contributed by atoms with Crippen LogP contribution in [0.3, 0.4) is 0 Å². The van der Waals surface area contributed by atoms with E-state index in [1.54, 1.807) is 15.8 Å². The molecule has 9 nitrogen and oxygen atoms in total. The van der Waals surface area contributed by atoms with E-state index in [1.165, 1.54) is 6.33 Å². The molecule has 1 amide bonds. The van der Waals surface area contributed by atoms with Crippen LogP contribution in [-0.4, -0.2) is 83.2 Å². The van der Waals surface area contributed by atoms with E-state index in [9.17, 15) is 4.79 Å². The number of ether oxygens (including phenoxy) is 2. The van der Waals surface area contributed by atoms with Crippen LogP contribution in [-0.2, 0) is 20.8 Å². The summed E-state index contributed by atoms with van der Waals surface area (Å²) < 4.78 is 12.3. The van der Waals surface area contributed by atoms with Gasteiger partial charge < -0.3 is 19.3 Å². The van der Waals surface area contributed by atoms with Gasteiger partial charge in [0.15, 0.2) is 5.65 Å². The van der Waals surface area contributed by atoms with Gasteiger partial charge in [-0.05, 0) is 0 Å². The molecule has 0 N–H and O–H groups in total. The molecule has 9 heteroatoms. The fourth-order valence-electron chi connectivity index (χ4n) is 3.06. The summed E-state index contributed by atoms with van der Waals surface area (Å²) in [4.78, 5) is 25.1. The number of aromatic nitrogens is 4. The van der Waals surface area contributed by atoms with Crippen LogP contribution in [0.25, 0.3) is 11.0 Å². The average Bonchev–Trinajstić information content (AvgIpc) is 3.06. The number of rotatable bonds is 3. The second kappa shape index (κ2) is 6.70. The first kappa shape index (κ1) is 15.3. The zero-order valence-electron chi connectivity index (χ0n) is 13.4. The summed E-state index contributed by atoms with van der Waals surface area (Å²) in [6.45, 7) is 5.60. The van der Waals surface area contributed by atoms with E-state index in [0.29, 0.717) is 45.2 Å². The molecule has 0 aromatic carbocycles. The SMILES string of the molecule is O=C(Cn1ncc2c(N3CCOCC3)ncnc21)N1CCOCC1. The van der Waals surface area contributed by atoms with Gasteiger partial charge in [0.2, 0.25) is 5.91 Å². The monoisotopic (exact) mass is 332 g/mol. The molecule has 0 spiro atoms. The third-order valence-electron chi connectivity index (χ3n) is 4.37. The highest BCUT2D eigenvalue weighted by Gasteiger charge is 2.21. The predicted molar refractivity (Wildman–Crippen MR) is 85.8 cm³/mol. The number of carbonyl (C=O) groups excluding carboxylic acids is 1. The Morgan fingerprint density at radius 2 is 1.75 bits per heavy atom. The Labute approximate surface area is 139 Å². The van der Waals surface area contributed by atoms with Gasteiger partial charge in [-0.3, -0.25) is 4.79 Å². The number of amides is 1.